The highest BCUT2D eigenvalue weighted by Crippen LogP contribution is 2.31. The number of rotatable bonds is 5. The largest absolute Gasteiger partial charge is 0.481 e. The number of fused-ring (bicyclic) bond motifs is 1. The third kappa shape index (κ3) is 3.08. The summed E-state index contributed by atoms with van der Waals surface area (Å²) in [7, 11) is 0. The van der Waals surface area contributed by atoms with Crippen LogP contribution >= 0.6 is 11.3 Å². The molecule has 0 aliphatic rings. The van der Waals surface area contributed by atoms with Gasteiger partial charge in [0.25, 0.3) is 5.91 Å². The van der Waals surface area contributed by atoms with Crippen molar-refractivity contribution in [3.05, 3.63) is 34.7 Å². The van der Waals surface area contributed by atoms with Crippen molar-refractivity contribution in [2.24, 2.45) is 0 Å². The number of aliphatic carboxylic acids is 1. The van der Waals surface area contributed by atoms with Crippen LogP contribution in [-0.2, 0) is 4.79 Å². The lowest BCUT2D eigenvalue weighted by atomic mass is 10.1. The summed E-state index contributed by atoms with van der Waals surface area (Å²) in [6.07, 6.45) is -0.0382. The van der Waals surface area contributed by atoms with Gasteiger partial charge in [0.15, 0.2) is 0 Å². The topological polar surface area (TPSA) is 57.6 Å². The van der Waals surface area contributed by atoms with E-state index >= 15 is 0 Å². The summed E-state index contributed by atoms with van der Waals surface area (Å²) in [5.74, 6) is -0.966. The van der Waals surface area contributed by atoms with Gasteiger partial charge in [0, 0.05) is 17.3 Å². The highest BCUT2D eigenvalue weighted by atomic mass is 32.1. The molecule has 0 radical (unpaired) electrons. The predicted molar refractivity (Wildman–Crippen MR) is 85.0 cm³/mol. The summed E-state index contributed by atoms with van der Waals surface area (Å²) >= 11 is 1.47. The van der Waals surface area contributed by atoms with Crippen LogP contribution in [0.1, 0.15) is 35.5 Å². The Morgan fingerprint density at radius 1 is 1.33 bits per heavy atom. The van der Waals surface area contributed by atoms with Gasteiger partial charge >= 0.3 is 5.97 Å². The Labute approximate surface area is 128 Å². The van der Waals surface area contributed by atoms with E-state index in [2.05, 4.69) is 0 Å². The van der Waals surface area contributed by atoms with E-state index in [-0.39, 0.29) is 18.4 Å². The van der Waals surface area contributed by atoms with Gasteiger partial charge in [-0.05, 0) is 37.8 Å². The van der Waals surface area contributed by atoms with Crippen LogP contribution in [0.5, 0.6) is 0 Å². The zero-order valence-corrected chi connectivity index (χ0v) is 13.2. The highest BCUT2D eigenvalue weighted by Gasteiger charge is 2.25. The standard InChI is InChI=1S/C16H19NO3S/c1-4-17(10(2)9-14(18)19)16(20)15-11(3)12-7-5-6-8-13(12)21-15/h5-8,10H,4,9H2,1-3H3,(H,18,19). The van der Waals surface area contributed by atoms with Gasteiger partial charge in [-0.1, -0.05) is 18.2 Å². The SMILES string of the molecule is CCN(C(=O)c1sc2ccccc2c1C)C(C)CC(=O)O. The number of hydrogen-bond acceptors (Lipinski definition) is 3. The maximum absolute atomic E-state index is 12.7. The summed E-state index contributed by atoms with van der Waals surface area (Å²) in [5, 5.41) is 10.0. The Hall–Kier alpha value is -1.88. The number of carbonyl (C=O) groups is 2. The third-order valence-corrected chi connectivity index (χ3v) is 4.90. The quantitative estimate of drug-likeness (QED) is 0.919. The van der Waals surface area contributed by atoms with Crippen LogP contribution in [0.15, 0.2) is 24.3 Å². The Bertz CT molecular complexity index is 677. The normalized spacial score (nSPS) is 12.3. The molecule has 0 bridgehead atoms. The lowest BCUT2D eigenvalue weighted by molar-refractivity contribution is -0.138. The molecular weight excluding hydrogens is 286 g/mol. The fourth-order valence-electron chi connectivity index (χ4n) is 2.53. The average Bonchev–Trinajstić information content (AvgIpc) is 2.76. The van der Waals surface area contributed by atoms with E-state index in [4.69, 9.17) is 5.11 Å². The van der Waals surface area contributed by atoms with Crippen LogP contribution in [-0.4, -0.2) is 34.5 Å². The second kappa shape index (κ2) is 6.26. The van der Waals surface area contributed by atoms with Crippen molar-refractivity contribution < 1.29 is 14.7 Å². The van der Waals surface area contributed by atoms with Gasteiger partial charge < -0.3 is 10.0 Å². The van der Waals surface area contributed by atoms with Crippen LogP contribution in [0.2, 0.25) is 0 Å². The molecule has 0 spiro atoms. The van der Waals surface area contributed by atoms with E-state index in [1.165, 1.54) is 11.3 Å². The monoisotopic (exact) mass is 305 g/mol. The molecule has 1 aromatic carbocycles. The Balaban J connectivity index is 2.35. The van der Waals surface area contributed by atoms with Gasteiger partial charge in [0.1, 0.15) is 0 Å². The number of benzene rings is 1. The van der Waals surface area contributed by atoms with Crippen LogP contribution in [0.25, 0.3) is 10.1 Å². The minimum Gasteiger partial charge on any atom is -0.481 e. The Morgan fingerprint density at radius 2 is 2.00 bits per heavy atom. The summed E-state index contributed by atoms with van der Waals surface area (Å²) in [6, 6.07) is 7.61. The van der Waals surface area contributed by atoms with Crippen LogP contribution in [0.4, 0.5) is 0 Å². The van der Waals surface area contributed by atoms with E-state index in [0.29, 0.717) is 11.4 Å². The second-order valence-electron chi connectivity index (χ2n) is 5.09. The molecule has 4 nitrogen and oxygen atoms in total. The van der Waals surface area contributed by atoms with Crippen molar-refractivity contribution in [2.45, 2.75) is 33.2 Å². The summed E-state index contributed by atoms with van der Waals surface area (Å²) in [6.45, 7) is 6.10. The lowest BCUT2D eigenvalue weighted by Gasteiger charge is -2.26. The van der Waals surface area contributed by atoms with Crippen LogP contribution in [0, 0.1) is 6.92 Å². The first-order valence-corrected chi connectivity index (χ1v) is 7.78. The van der Waals surface area contributed by atoms with Crippen LogP contribution < -0.4 is 0 Å². The molecule has 1 aromatic heterocycles. The van der Waals surface area contributed by atoms with Gasteiger partial charge in [-0.15, -0.1) is 11.3 Å². The minimum atomic E-state index is -0.887. The molecule has 1 atom stereocenters. The molecule has 5 heteroatoms. The number of aryl methyl sites for hydroxylation is 1. The summed E-state index contributed by atoms with van der Waals surface area (Å²) in [4.78, 5) is 25.9. The lowest BCUT2D eigenvalue weighted by Crippen LogP contribution is -2.39. The van der Waals surface area contributed by atoms with Crippen molar-refractivity contribution in [1.82, 2.24) is 4.90 Å². The fourth-order valence-corrected chi connectivity index (χ4v) is 3.69. The molecule has 112 valence electrons. The molecule has 1 heterocycles. The maximum atomic E-state index is 12.7. The van der Waals surface area contributed by atoms with Gasteiger partial charge in [-0.2, -0.15) is 0 Å². The third-order valence-electron chi connectivity index (χ3n) is 3.64. The molecule has 0 fully saturated rings. The zero-order valence-electron chi connectivity index (χ0n) is 12.4. The number of hydrogen-bond donors (Lipinski definition) is 1. The van der Waals surface area contributed by atoms with E-state index in [1.54, 1.807) is 11.8 Å². The van der Waals surface area contributed by atoms with Gasteiger partial charge in [-0.3, -0.25) is 9.59 Å². The average molecular weight is 305 g/mol. The molecule has 2 rings (SSSR count). The zero-order chi connectivity index (χ0) is 15.6. The minimum absolute atomic E-state index is 0.0382. The molecule has 0 aliphatic heterocycles. The van der Waals surface area contributed by atoms with Gasteiger partial charge in [-0.25, -0.2) is 0 Å². The summed E-state index contributed by atoms with van der Waals surface area (Å²) < 4.78 is 1.08. The van der Waals surface area contributed by atoms with Crippen molar-refractivity contribution in [3.63, 3.8) is 0 Å². The smallest absolute Gasteiger partial charge is 0.305 e. The molecular formula is C16H19NO3S. The highest BCUT2D eigenvalue weighted by molar-refractivity contribution is 7.21. The second-order valence-corrected chi connectivity index (χ2v) is 6.14. The molecule has 1 amide bonds. The van der Waals surface area contributed by atoms with E-state index in [1.807, 2.05) is 38.1 Å². The molecule has 0 saturated carbocycles. The Morgan fingerprint density at radius 3 is 2.57 bits per heavy atom. The molecule has 1 unspecified atom stereocenters. The first-order chi connectivity index (χ1) is 9.95. The molecule has 0 saturated heterocycles. The first-order valence-electron chi connectivity index (χ1n) is 6.96. The summed E-state index contributed by atoms with van der Waals surface area (Å²) in [5.41, 5.74) is 0.974. The van der Waals surface area contributed by atoms with Crippen LogP contribution in [0.3, 0.4) is 0 Å². The van der Waals surface area contributed by atoms with Crippen molar-refractivity contribution in [2.75, 3.05) is 6.54 Å². The number of thiophene rings is 1. The molecule has 21 heavy (non-hydrogen) atoms. The number of carboxylic acid groups (broad SMARTS) is 1. The molecule has 2 aromatic rings. The van der Waals surface area contributed by atoms with Crippen molar-refractivity contribution >= 4 is 33.3 Å². The van der Waals surface area contributed by atoms with Gasteiger partial charge in [0.05, 0.1) is 11.3 Å². The number of carbonyl (C=O) groups excluding carboxylic acids is 1. The van der Waals surface area contributed by atoms with Crippen molar-refractivity contribution in [3.8, 4) is 0 Å². The fraction of sp³-hybridized carbons (Fsp3) is 0.375. The van der Waals surface area contributed by atoms with E-state index in [9.17, 15) is 9.59 Å². The maximum Gasteiger partial charge on any atom is 0.305 e. The number of amides is 1. The molecule has 0 aliphatic carbocycles. The van der Waals surface area contributed by atoms with E-state index < -0.39 is 5.97 Å². The predicted octanol–water partition coefficient (Wildman–Crippen LogP) is 3.54. The van der Waals surface area contributed by atoms with E-state index in [0.717, 1.165) is 15.6 Å². The number of carboxylic acids is 1. The Kier molecular flexibility index (Phi) is 4.63. The first kappa shape index (κ1) is 15.5. The van der Waals surface area contributed by atoms with Gasteiger partial charge in [0.2, 0.25) is 0 Å². The molecule has 1 N–H and O–H groups in total. The van der Waals surface area contributed by atoms with Crippen molar-refractivity contribution in [1.29, 1.82) is 0 Å². The number of nitrogens with zero attached hydrogens (tertiary/aromatic N) is 1.